The van der Waals surface area contributed by atoms with Crippen molar-refractivity contribution in [2.45, 2.75) is 18.9 Å². The number of aromatic nitrogens is 1. The molecule has 0 radical (unpaired) electrons. The molecule has 3 rings (SSSR count). The van der Waals surface area contributed by atoms with E-state index < -0.39 is 0 Å². The smallest absolute Gasteiger partial charge is 0.320 e. The fraction of sp³-hybridized carbons (Fsp3) is 0.643. The Morgan fingerprint density at radius 1 is 1.37 bits per heavy atom. The highest BCUT2D eigenvalue weighted by Gasteiger charge is 2.36. The standard InChI is InChI=1S/C14H22N4O/c1-17-13(12-3-2-6-16-12)10-18(14(17)19)9-11-4-7-15-8-5-11/h2-3,6,11,13,15-16H,4-5,7-10H2,1H3. The second-order valence-corrected chi connectivity index (χ2v) is 5.63. The summed E-state index contributed by atoms with van der Waals surface area (Å²) in [6, 6.07) is 4.38. The molecule has 0 aliphatic carbocycles. The van der Waals surface area contributed by atoms with Crippen LogP contribution >= 0.6 is 0 Å². The van der Waals surface area contributed by atoms with Crippen molar-refractivity contribution in [3.63, 3.8) is 0 Å². The molecule has 0 spiro atoms. The first-order valence-electron chi connectivity index (χ1n) is 7.11. The summed E-state index contributed by atoms with van der Waals surface area (Å²) in [4.78, 5) is 19.4. The molecule has 1 aromatic rings. The lowest BCUT2D eigenvalue weighted by molar-refractivity contribution is 0.184. The first-order valence-corrected chi connectivity index (χ1v) is 7.11. The summed E-state index contributed by atoms with van der Waals surface area (Å²) in [6.45, 7) is 3.88. The first kappa shape index (κ1) is 12.5. The van der Waals surface area contributed by atoms with E-state index in [1.54, 1.807) is 0 Å². The summed E-state index contributed by atoms with van der Waals surface area (Å²) in [5, 5.41) is 3.37. The van der Waals surface area contributed by atoms with E-state index in [1.807, 2.05) is 29.1 Å². The van der Waals surface area contributed by atoms with Crippen LogP contribution in [0.5, 0.6) is 0 Å². The van der Waals surface area contributed by atoms with Crippen molar-refractivity contribution in [2.24, 2.45) is 5.92 Å². The van der Waals surface area contributed by atoms with Crippen LogP contribution in [0.25, 0.3) is 0 Å². The molecular weight excluding hydrogens is 240 g/mol. The SMILES string of the molecule is CN1C(=O)N(CC2CCNCC2)CC1c1ccc[nH]1. The minimum absolute atomic E-state index is 0.165. The predicted molar refractivity (Wildman–Crippen MR) is 73.9 cm³/mol. The molecule has 1 aromatic heterocycles. The van der Waals surface area contributed by atoms with Gasteiger partial charge in [-0.25, -0.2) is 4.79 Å². The van der Waals surface area contributed by atoms with Crippen LogP contribution < -0.4 is 5.32 Å². The highest BCUT2D eigenvalue weighted by atomic mass is 16.2. The molecule has 1 unspecified atom stereocenters. The average molecular weight is 262 g/mol. The minimum atomic E-state index is 0.165. The highest BCUT2D eigenvalue weighted by Crippen LogP contribution is 2.28. The lowest BCUT2D eigenvalue weighted by Gasteiger charge is -2.26. The van der Waals surface area contributed by atoms with Gasteiger partial charge in [-0.3, -0.25) is 0 Å². The van der Waals surface area contributed by atoms with Crippen molar-refractivity contribution < 1.29 is 4.79 Å². The Hall–Kier alpha value is -1.49. The summed E-state index contributed by atoms with van der Waals surface area (Å²) in [5.41, 5.74) is 1.13. The number of rotatable bonds is 3. The maximum Gasteiger partial charge on any atom is 0.320 e. The molecule has 2 saturated heterocycles. The van der Waals surface area contributed by atoms with E-state index in [9.17, 15) is 4.79 Å². The van der Waals surface area contributed by atoms with Crippen LogP contribution in [0, 0.1) is 5.92 Å². The van der Waals surface area contributed by atoms with Crippen molar-refractivity contribution in [3.05, 3.63) is 24.0 Å². The Morgan fingerprint density at radius 2 is 2.16 bits per heavy atom. The van der Waals surface area contributed by atoms with Gasteiger partial charge in [-0.1, -0.05) is 0 Å². The van der Waals surface area contributed by atoms with Gasteiger partial charge in [0.1, 0.15) is 0 Å². The van der Waals surface area contributed by atoms with Gasteiger partial charge >= 0.3 is 6.03 Å². The van der Waals surface area contributed by atoms with Crippen LogP contribution in [-0.2, 0) is 0 Å². The molecule has 0 bridgehead atoms. The Bertz CT molecular complexity index is 425. The predicted octanol–water partition coefficient (Wildman–Crippen LogP) is 1.42. The number of nitrogens with one attached hydrogen (secondary N) is 2. The van der Waals surface area contributed by atoms with Crippen molar-refractivity contribution in [1.82, 2.24) is 20.1 Å². The summed E-state index contributed by atoms with van der Waals surface area (Å²) >= 11 is 0. The van der Waals surface area contributed by atoms with E-state index in [0.29, 0.717) is 5.92 Å². The lowest BCUT2D eigenvalue weighted by Crippen LogP contribution is -2.38. The van der Waals surface area contributed by atoms with Gasteiger partial charge < -0.3 is 20.1 Å². The van der Waals surface area contributed by atoms with Gasteiger partial charge in [-0.05, 0) is 44.0 Å². The van der Waals surface area contributed by atoms with E-state index in [2.05, 4.69) is 16.4 Å². The number of carbonyl (C=O) groups excluding carboxylic acids is 1. The van der Waals surface area contributed by atoms with Crippen LogP contribution in [0.2, 0.25) is 0 Å². The van der Waals surface area contributed by atoms with E-state index >= 15 is 0 Å². The number of H-pyrrole nitrogens is 1. The average Bonchev–Trinajstić information content (AvgIpc) is 3.04. The van der Waals surface area contributed by atoms with Crippen molar-refractivity contribution in [1.29, 1.82) is 0 Å². The molecule has 0 saturated carbocycles. The number of hydrogen-bond acceptors (Lipinski definition) is 2. The molecule has 2 aliphatic heterocycles. The molecule has 2 N–H and O–H groups in total. The number of piperidine rings is 1. The Balaban J connectivity index is 1.65. The minimum Gasteiger partial charge on any atom is -0.363 e. The number of likely N-dealkylation sites (N-methyl/N-ethyl adjacent to an activating group) is 1. The van der Waals surface area contributed by atoms with Crippen LogP contribution in [0.15, 0.2) is 18.3 Å². The van der Waals surface area contributed by atoms with Gasteiger partial charge in [-0.2, -0.15) is 0 Å². The van der Waals surface area contributed by atoms with E-state index in [0.717, 1.165) is 31.9 Å². The molecule has 5 nitrogen and oxygen atoms in total. The zero-order valence-corrected chi connectivity index (χ0v) is 11.4. The summed E-state index contributed by atoms with van der Waals surface area (Å²) in [7, 11) is 1.90. The highest BCUT2D eigenvalue weighted by molar-refractivity contribution is 5.77. The molecule has 2 amide bonds. The largest absolute Gasteiger partial charge is 0.363 e. The lowest BCUT2D eigenvalue weighted by atomic mass is 9.97. The third-order valence-electron chi connectivity index (χ3n) is 4.35. The number of nitrogens with zero attached hydrogens (tertiary/aromatic N) is 2. The second-order valence-electron chi connectivity index (χ2n) is 5.63. The molecule has 0 aromatic carbocycles. The van der Waals surface area contributed by atoms with E-state index in [-0.39, 0.29) is 12.1 Å². The number of aromatic amines is 1. The van der Waals surface area contributed by atoms with Gasteiger partial charge in [0, 0.05) is 32.0 Å². The monoisotopic (exact) mass is 262 g/mol. The Labute approximate surface area is 114 Å². The number of hydrogen-bond donors (Lipinski definition) is 2. The quantitative estimate of drug-likeness (QED) is 0.865. The third kappa shape index (κ3) is 2.47. The molecule has 3 heterocycles. The van der Waals surface area contributed by atoms with Gasteiger partial charge in [0.05, 0.1) is 6.04 Å². The van der Waals surface area contributed by atoms with Gasteiger partial charge in [0.2, 0.25) is 0 Å². The zero-order chi connectivity index (χ0) is 13.2. The summed E-state index contributed by atoms with van der Waals surface area (Å²) in [6.07, 6.45) is 4.28. The van der Waals surface area contributed by atoms with Crippen LogP contribution in [0.3, 0.4) is 0 Å². The van der Waals surface area contributed by atoms with Crippen LogP contribution in [0.1, 0.15) is 24.6 Å². The third-order valence-corrected chi connectivity index (χ3v) is 4.35. The Kier molecular flexibility index (Phi) is 3.46. The molecular formula is C14H22N4O. The van der Waals surface area contributed by atoms with Crippen molar-refractivity contribution >= 4 is 6.03 Å². The van der Waals surface area contributed by atoms with Gasteiger partial charge in [-0.15, -0.1) is 0 Å². The number of urea groups is 1. The normalized spacial score (nSPS) is 25.3. The first-order chi connectivity index (χ1) is 9.25. The van der Waals surface area contributed by atoms with Crippen molar-refractivity contribution in [2.75, 3.05) is 33.2 Å². The number of carbonyl (C=O) groups is 1. The molecule has 2 aliphatic rings. The van der Waals surface area contributed by atoms with Gasteiger partial charge in [0.15, 0.2) is 0 Å². The zero-order valence-electron chi connectivity index (χ0n) is 11.4. The maximum absolute atomic E-state index is 12.3. The summed E-state index contributed by atoms with van der Waals surface area (Å²) < 4.78 is 0. The molecule has 19 heavy (non-hydrogen) atoms. The van der Waals surface area contributed by atoms with Crippen LogP contribution in [0.4, 0.5) is 4.79 Å². The topological polar surface area (TPSA) is 51.4 Å². The molecule has 104 valence electrons. The fourth-order valence-corrected chi connectivity index (χ4v) is 3.15. The Morgan fingerprint density at radius 3 is 2.84 bits per heavy atom. The maximum atomic E-state index is 12.3. The molecule has 5 heteroatoms. The van der Waals surface area contributed by atoms with Crippen LogP contribution in [-0.4, -0.2) is 54.0 Å². The summed E-state index contributed by atoms with van der Waals surface area (Å²) in [5.74, 6) is 0.654. The molecule has 2 fully saturated rings. The van der Waals surface area contributed by atoms with E-state index in [4.69, 9.17) is 0 Å². The fourth-order valence-electron chi connectivity index (χ4n) is 3.15. The second kappa shape index (κ2) is 5.25. The molecule has 1 atom stereocenters. The van der Waals surface area contributed by atoms with Gasteiger partial charge in [0.25, 0.3) is 0 Å². The van der Waals surface area contributed by atoms with E-state index in [1.165, 1.54) is 12.8 Å². The number of amides is 2. The van der Waals surface area contributed by atoms with Crippen molar-refractivity contribution in [3.8, 4) is 0 Å².